The van der Waals surface area contributed by atoms with E-state index < -0.39 is 0 Å². The summed E-state index contributed by atoms with van der Waals surface area (Å²) >= 11 is 0. The molecule has 4 rings (SSSR count). The largest absolute Gasteiger partial charge is 0.320 e. The molecule has 0 aliphatic carbocycles. The number of carbonyl (C=O) groups excluding carboxylic acids is 2. The average molecular weight is 370 g/mol. The van der Waals surface area contributed by atoms with E-state index >= 15 is 0 Å². The first-order valence-electron chi connectivity index (χ1n) is 8.84. The van der Waals surface area contributed by atoms with E-state index in [0.29, 0.717) is 11.5 Å². The molecule has 0 fully saturated rings. The van der Waals surface area contributed by atoms with E-state index in [0.717, 1.165) is 16.5 Å². The van der Waals surface area contributed by atoms with Gasteiger partial charge in [-0.25, -0.2) is 4.68 Å². The molecule has 0 saturated carbocycles. The summed E-state index contributed by atoms with van der Waals surface area (Å²) < 4.78 is 1.54. The summed E-state index contributed by atoms with van der Waals surface area (Å²) in [5.41, 5.74) is 1.66. The first kappa shape index (κ1) is 17.5. The molecule has 2 amide bonds. The van der Waals surface area contributed by atoms with Crippen molar-refractivity contribution in [3.05, 3.63) is 84.6 Å². The van der Waals surface area contributed by atoms with E-state index in [-0.39, 0.29) is 17.5 Å². The van der Waals surface area contributed by atoms with Crippen molar-refractivity contribution in [3.8, 4) is 5.69 Å². The van der Waals surface area contributed by atoms with E-state index in [9.17, 15) is 9.59 Å². The van der Waals surface area contributed by atoms with Crippen molar-refractivity contribution < 1.29 is 9.59 Å². The molecule has 0 unspecified atom stereocenters. The third-order valence-electron chi connectivity index (χ3n) is 4.28. The lowest BCUT2D eigenvalue weighted by Gasteiger charge is -2.07. The third-order valence-corrected chi connectivity index (χ3v) is 4.28. The van der Waals surface area contributed by atoms with Gasteiger partial charge >= 0.3 is 0 Å². The molecule has 0 aliphatic rings. The number of amides is 2. The number of nitrogens with one attached hydrogen (secondary N) is 2. The lowest BCUT2D eigenvalue weighted by atomic mass is 10.1. The Morgan fingerprint density at radius 1 is 0.857 bits per heavy atom. The number of para-hydroxylation sites is 1. The van der Waals surface area contributed by atoms with Crippen LogP contribution in [0.3, 0.4) is 0 Å². The van der Waals surface area contributed by atoms with Crippen LogP contribution < -0.4 is 10.6 Å². The molecule has 3 aromatic carbocycles. The number of anilines is 2. The molecule has 2 N–H and O–H groups in total. The molecule has 6 nitrogen and oxygen atoms in total. The van der Waals surface area contributed by atoms with Crippen LogP contribution in [0, 0.1) is 0 Å². The lowest BCUT2D eigenvalue weighted by Crippen LogP contribution is -2.13. The highest BCUT2D eigenvalue weighted by molar-refractivity contribution is 6.08. The molecule has 28 heavy (non-hydrogen) atoms. The Morgan fingerprint density at radius 3 is 2.36 bits per heavy atom. The molecule has 0 spiro atoms. The Hall–Kier alpha value is -3.93. The second-order valence-electron chi connectivity index (χ2n) is 6.32. The molecule has 138 valence electrons. The average Bonchev–Trinajstić information content (AvgIpc) is 3.12. The highest BCUT2D eigenvalue weighted by Crippen LogP contribution is 2.24. The Kier molecular flexibility index (Phi) is 4.60. The van der Waals surface area contributed by atoms with Crippen LogP contribution in [-0.2, 0) is 4.79 Å². The summed E-state index contributed by atoms with van der Waals surface area (Å²) in [4.78, 5) is 24.4. The third kappa shape index (κ3) is 3.48. The maximum Gasteiger partial charge on any atom is 0.276 e. The molecule has 4 aromatic rings. The number of carbonyl (C=O) groups is 2. The number of hydrogen-bond donors (Lipinski definition) is 2. The van der Waals surface area contributed by atoms with Crippen molar-refractivity contribution in [1.82, 2.24) is 9.78 Å². The number of nitrogens with zero attached hydrogens (tertiary/aromatic N) is 2. The van der Waals surface area contributed by atoms with Crippen molar-refractivity contribution in [1.29, 1.82) is 0 Å². The van der Waals surface area contributed by atoms with Gasteiger partial charge in [-0.1, -0.05) is 54.6 Å². The van der Waals surface area contributed by atoms with Crippen molar-refractivity contribution in [2.24, 2.45) is 0 Å². The summed E-state index contributed by atoms with van der Waals surface area (Å²) in [5, 5.41) is 12.0. The van der Waals surface area contributed by atoms with Crippen LogP contribution in [0.1, 0.15) is 17.4 Å². The van der Waals surface area contributed by atoms with Crippen LogP contribution >= 0.6 is 0 Å². The molecule has 0 atom stereocenters. The van der Waals surface area contributed by atoms with E-state index in [1.807, 2.05) is 72.8 Å². The van der Waals surface area contributed by atoms with Gasteiger partial charge in [0.1, 0.15) is 5.82 Å². The Labute approximate surface area is 161 Å². The lowest BCUT2D eigenvalue weighted by molar-refractivity contribution is -0.114. The molecule has 0 bridgehead atoms. The van der Waals surface area contributed by atoms with Crippen LogP contribution in [-0.4, -0.2) is 21.6 Å². The van der Waals surface area contributed by atoms with Gasteiger partial charge in [0.15, 0.2) is 5.69 Å². The second-order valence-corrected chi connectivity index (χ2v) is 6.32. The van der Waals surface area contributed by atoms with Gasteiger partial charge in [0.2, 0.25) is 5.91 Å². The Bertz CT molecular complexity index is 1160. The van der Waals surface area contributed by atoms with Gasteiger partial charge in [0, 0.05) is 24.1 Å². The Morgan fingerprint density at radius 2 is 1.57 bits per heavy atom. The molecule has 6 heteroatoms. The van der Waals surface area contributed by atoms with Crippen molar-refractivity contribution in [2.75, 3.05) is 10.6 Å². The first-order valence-corrected chi connectivity index (χ1v) is 8.84. The first-order chi connectivity index (χ1) is 13.6. The summed E-state index contributed by atoms with van der Waals surface area (Å²) in [6.45, 7) is 1.41. The van der Waals surface area contributed by atoms with Crippen LogP contribution in [0.4, 0.5) is 11.5 Å². The predicted molar refractivity (Wildman–Crippen MR) is 110 cm³/mol. The van der Waals surface area contributed by atoms with Gasteiger partial charge in [-0.05, 0) is 23.6 Å². The van der Waals surface area contributed by atoms with Crippen LogP contribution in [0.25, 0.3) is 16.5 Å². The zero-order valence-electron chi connectivity index (χ0n) is 15.2. The highest BCUT2D eigenvalue weighted by Gasteiger charge is 2.17. The van der Waals surface area contributed by atoms with Gasteiger partial charge in [0.25, 0.3) is 5.91 Å². The van der Waals surface area contributed by atoms with E-state index in [4.69, 9.17) is 0 Å². The minimum absolute atomic E-state index is 0.209. The monoisotopic (exact) mass is 370 g/mol. The molecule has 1 aromatic heterocycles. The zero-order valence-corrected chi connectivity index (χ0v) is 15.2. The predicted octanol–water partition coefficient (Wildman–Crippen LogP) is 4.24. The second kappa shape index (κ2) is 7.36. The van der Waals surface area contributed by atoms with Gasteiger partial charge in [-0.2, -0.15) is 5.10 Å². The van der Waals surface area contributed by atoms with Gasteiger partial charge in [0.05, 0.1) is 5.69 Å². The minimum atomic E-state index is -0.349. The number of hydrogen-bond acceptors (Lipinski definition) is 3. The topological polar surface area (TPSA) is 76.0 Å². The normalized spacial score (nSPS) is 10.6. The summed E-state index contributed by atoms with van der Waals surface area (Å²) in [6.07, 6.45) is 0. The quantitative estimate of drug-likeness (QED) is 0.564. The molecule has 0 aliphatic heterocycles. The fourth-order valence-electron chi connectivity index (χ4n) is 3.05. The molecule has 1 heterocycles. The standard InChI is InChI=1S/C22H18N4O2/c1-15(27)23-21-14-20(25-26(21)17-10-3-2-4-11-17)22(28)24-19-13-7-9-16-8-5-6-12-18(16)19/h2-14H,1H3,(H,23,27)(H,24,28). The molecule has 0 saturated heterocycles. The minimum Gasteiger partial charge on any atom is -0.320 e. The van der Waals surface area contributed by atoms with Crippen LogP contribution in [0.5, 0.6) is 0 Å². The smallest absolute Gasteiger partial charge is 0.276 e. The molecule has 0 radical (unpaired) electrons. The van der Waals surface area contributed by atoms with E-state index in [1.165, 1.54) is 6.92 Å². The van der Waals surface area contributed by atoms with Gasteiger partial charge in [-0.15, -0.1) is 0 Å². The molecular weight excluding hydrogens is 352 g/mol. The maximum absolute atomic E-state index is 12.8. The Balaban J connectivity index is 1.69. The number of benzene rings is 3. The van der Waals surface area contributed by atoms with Crippen molar-refractivity contribution in [3.63, 3.8) is 0 Å². The summed E-state index contributed by atoms with van der Waals surface area (Å²) in [5.74, 6) is -0.155. The SMILES string of the molecule is CC(=O)Nc1cc(C(=O)Nc2cccc3ccccc23)nn1-c1ccccc1. The van der Waals surface area contributed by atoms with Gasteiger partial charge in [-0.3, -0.25) is 9.59 Å². The number of rotatable bonds is 4. The highest BCUT2D eigenvalue weighted by atomic mass is 16.2. The van der Waals surface area contributed by atoms with Crippen molar-refractivity contribution >= 4 is 34.1 Å². The fraction of sp³-hybridized carbons (Fsp3) is 0.0455. The van der Waals surface area contributed by atoms with Crippen LogP contribution in [0.2, 0.25) is 0 Å². The van der Waals surface area contributed by atoms with E-state index in [1.54, 1.807) is 10.7 Å². The molecular formula is C22H18N4O2. The zero-order chi connectivity index (χ0) is 19.5. The van der Waals surface area contributed by atoms with Crippen molar-refractivity contribution in [2.45, 2.75) is 6.92 Å². The summed E-state index contributed by atoms with van der Waals surface area (Å²) in [7, 11) is 0. The maximum atomic E-state index is 12.8. The van der Waals surface area contributed by atoms with Gasteiger partial charge < -0.3 is 10.6 Å². The summed E-state index contributed by atoms with van der Waals surface area (Å²) in [6, 6.07) is 24.4. The van der Waals surface area contributed by atoms with Crippen LogP contribution in [0.15, 0.2) is 78.9 Å². The number of aromatic nitrogens is 2. The number of fused-ring (bicyclic) bond motifs is 1. The van der Waals surface area contributed by atoms with E-state index in [2.05, 4.69) is 15.7 Å². The fourth-order valence-corrected chi connectivity index (χ4v) is 3.05.